The monoisotopic (exact) mass is 210 g/mol. The van der Waals surface area contributed by atoms with E-state index in [0.29, 0.717) is 0 Å². The molecule has 0 aliphatic carbocycles. The second-order valence-corrected chi connectivity index (χ2v) is 2.59. The number of rotatable bonds is 2. The number of carboxylic acids is 1. The minimum atomic E-state index is -1.62. The number of benzene rings is 1. The standard InChI is InChI=1S/C8H10N2O3.C2H4/c9-5-3-1-2-4(6(5)10)7(11)8(12)13;1-2/h1-3,7,11H,9-10H2,(H,12,13);1-2H2. The highest BCUT2D eigenvalue weighted by atomic mass is 16.4. The number of carbonyl (C=O) groups is 1. The van der Waals surface area contributed by atoms with Gasteiger partial charge in [0.2, 0.25) is 0 Å². The summed E-state index contributed by atoms with van der Waals surface area (Å²) >= 11 is 0. The average molecular weight is 210 g/mol. The molecule has 0 heterocycles. The summed E-state index contributed by atoms with van der Waals surface area (Å²) in [5, 5.41) is 17.7. The van der Waals surface area contributed by atoms with Gasteiger partial charge in [-0.25, -0.2) is 4.79 Å². The van der Waals surface area contributed by atoms with Gasteiger partial charge in [-0.05, 0) is 6.07 Å². The fraction of sp³-hybridized carbons (Fsp3) is 0.100. The SMILES string of the molecule is C=C.Nc1cccc(C(O)C(=O)O)c1N. The molecule has 5 heteroatoms. The van der Waals surface area contributed by atoms with Crippen molar-refractivity contribution in [1.29, 1.82) is 0 Å². The molecule has 5 nitrogen and oxygen atoms in total. The molecule has 0 aliphatic heterocycles. The molecule has 0 aliphatic rings. The zero-order valence-electron chi connectivity index (χ0n) is 8.18. The number of para-hydroxylation sites is 1. The Kier molecular flexibility index (Phi) is 4.90. The van der Waals surface area contributed by atoms with Crippen molar-refractivity contribution in [2.24, 2.45) is 0 Å². The van der Waals surface area contributed by atoms with E-state index in [1.807, 2.05) is 0 Å². The number of nitrogens with two attached hydrogens (primary N) is 2. The van der Waals surface area contributed by atoms with Crippen molar-refractivity contribution < 1.29 is 15.0 Å². The van der Waals surface area contributed by atoms with Crippen LogP contribution >= 0.6 is 0 Å². The molecule has 15 heavy (non-hydrogen) atoms. The number of hydrogen-bond donors (Lipinski definition) is 4. The van der Waals surface area contributed by atoms with Gasteiger partial charge in [0.15, 0.2) is 6.10 Å². The Hall–Kier alpha value is -2.01. The number of carboxylic acid groups (broad SMARTS) is 1. The molecule has 0 aromatic heterocycles. The van der Waals surface area contributed by atoms with Crippen LogP contribution in [-0.4, -0.2) is 16.2 Å². The predicted octanol–water partition coefficient (Wildman–Crippen LogP) is 0.771. The van der Waals surface area contributed by atoms with Gasteiger partial charge in [-0.1, -0.05) is 12.1 Å². The number of aliphatic carboxylic acids is 1. The largest absolute Gasteiger partial charge is 0.479 e. The van der Waals surface area contributed by atoms with Crippen LogP contribution in [0.25, 0.3) is 0 Å². The summed E-state index contributed by atoms with van der Waals surface area (Å²) in [5.74, 6) is -1.35. The number of hydrogen-bond acceptors (Lipinski definition) is 4. The van der Waals surface area contributed by atoms with E-state index in [0.717, 1.165) is 0 Å². The lowest BCUT2D eigenvalue weighted by Crippen LogP contribution is -2.13. The normalized spacial score (nSPS) is 11.0. The molecule has 1 unspecified atom stereocenters. The number of nitrogen functional groups attached to an aromatic ring is 2. The summed E-state index contributed by atoms with van der Waals surface area (Å²) < 4.78 is 0. The Labute approximate surface area is 87.6 Å². The van der Waals surface area contributed by atoms with Crippen LogP contribution in [0.15, 0.2) is 31.4 Å². The van der Waals surface area contributed by atoms with Crippen molar-refractivity contribution in [2.75, 3.05) is 11.5 Å². The van der Waals surface area contributed by atoms with Crippen molar-refractivity contribution >= 4 is 17.3 Å². The molecule has 6 N–H and O–H groups in total. The summed E-state index contributed by atoms with van der Waals surface area (Å²) in [7, 11) is 0. The third kappa shape index (κ3) is 2.99. The van der Waals surface area contributed by atoms with E-state index >= 15 is 0 Å². The smallest absolute Gasteiger partial charge is 0.337 e. The van der Waals surface area contributed by atoms with E-state index in [-0.39, 0.29) is 16.9 Å². The van der Waals surface area contributed by atoms with E-state index in [1.54, 1.807) is 0 Å². The maximum Gasteiger partial charge on any atom is 0.337 e. The van der Waals surface area contributed by atoms with E-state index in [9.17, 15) is 4.79 Å². The van der Waals surface area contributed by atoms with Gasteiger partial charge >= 0.3 is 5.97 Å². The minimum Gasteiger partial charge on any atom is -0.479 e. The van der Waals surface area contributed by atoms with Gasteiger partial charge in [0, 0.05) is 5.56 Å². The molecule has 1 atom stereocenters. The van der Waals surface area contributed by atoms with Gasteiger partial charge in [0.25, 0.3) is 0 Å². The molecule has 1 aromatic carbocycles. The fourth-order valence-corrected chi connectivity index (χ4v) is 0.973. The van der Waals surface area contributed by atoms with Crippen molar-refractivity contribution in [2.45, 2.75) is 6.10 Å². The number of aliphatic hydroxyl groups excluding tert-OH is 1. The molecular weight excluding hydrogens is 196 g/mol. The molecule has 1 rings (SSSR count). The summed E-state index contributed by atoms with van der Waals surface area (Å²) in [6, 6.07) is 4.49. The first-order valence-corrected chi connectivity index (χ1v) is 4.08. The lowest BCUT2D eigenvalue weighted by atomic mass is 10.1. The Morgan fingerprint density at radius 1 is 1.33 bits per heavy atom. The molecule has 82 valence electrons. The van der Waals surface area contributed by atoms with Gasteiger partial charge in [-0.15, -0.1) is 13.2 Å². The zero-order chi connectivity index (χ0) is 12.0. The van der Waals surface area contributed by atoms with Crippen molar-refractivity contribution in [1.82, 2.24) is 0 Å². The van der Waals surface area contributed by atoms with Gasteiger partial charge in [0.1, 0.15) is 0 Å². The summed E-state index contributed by atoms with van der Waals surface area (Å²) in [4.78, 5) is 10.4. The maximum absolute atomic E-state index is 10.4. The van der Waals surface area contributed by atoms with Crippen LogP contribution in [0.4, 0.5) is 11.4 Å². The molecule has 0 saturated carbocycles. The number of anilines is 2. The third-order valence-corrected chi connectivity index (χ3v) is 1.70. The highest BCUT2D eigenvalue weighted by Gasteiger charge is 2.18. The maximum atomic E-state index is 10.4. The lowest BCUT2D eigenvalue weighted by molar-refractivity contribution is -0.146. The highest BCUT2D eigenvalue weighted by molar-refractivity contribution is 5.79. The van der Waals surface area contributed by atoms with Gasteiger partial charge < -0.3 is 21.7 Å². The Morgan fingerprint density at radius 3 is 2.33 bits per heavy atom. The molecule has 0 bridgehead atoms. The zero-order valence-corrected chi connectivity index (χ0v) is 8.18. The van der Waals surface area contributed by atoms with Crippen LogP contribution in [-0.2, 0) is 4.79 Å². The summed E-state index contributed by atoms with van der Waals surface area (Å²) in [5.41, 5.74) is 11.4. The van der Waals surface area contributed by atoms with Crippen LogP contribution in [0, 0.1) is 0 Å². The average Bonchev–Trinajstić information content (AvgIpc) is 2.24. The van der Waals surface area contributed by atoms with Gasteiger partial charge in [0.05, 0.1) is 11.4 Å². The van der Waals surface area contributed by atoms with Crippen LogP contribution in [0.1, 0.15) is 11.7 Å². The molecule has 1 aromatic rings. The van der Waals surface area contributed by atoms with E-state index in [2.05, 4.69) is 13.2 Å². The first-order chi connectivity index (χ1) is 7.04. The Bertz CT molecular complexity index is 353. The van der Waals surface area contributed by atoms with Gasteiger partial charge in [-0.3, -0.25) is 0 Å². The first kappa shape index (κ1) is 13.0. The molecule has 0 amide bonds. The van der Waals surface area contributed by atoms with E-state index < -0.39 is 12.1 Å². The minimum absolute atomic E-state index is 0.109. The van der Waals surface area contributed by atoms with E-state index in [1.165, 1.54) is 18.2 Å². The van der Waals surface area contributed by atoms with Crippen LogP contribution in [0.5, 0.6) is 0 Å². The van der Waals surface area contributed by atoms with Crippen molar-refractivity contribution in [3.63, 3.8) is 0 Å². The van der Waals surface area contributed by atoms with E-state index in [4.69, 9.17) is 21.7 Å². The third-order valence-electron chi connectivity index (χ3n) is 1.70. The summed E-state index contributed by atoms with van der Waals surface area (Å²) in [6.07, 6.45) is -1.62. The quantitative estimate of drug-likeness (QED) is 0.425. The highest BCUT2D eigenvalue weighted by Crippen LogP contribution is 2.25. The Morgan fingerprint density at radius 2 is 1.87 bits per heavy atom. The van der Waals surface area contributed by atoms with Gasteiger partial charge in [-0.2, -0.15) is 0 Å². The molecule has 0 radical (unpaired) electrons. The molecule has 0 spiro atoms. The lowest BCUT2D eigenvalue weighted by Gasteiger charge is -2.10. The second kappa shape index (κ2) is 5.66. The van der Waals surface area contributed by atoms with Crippen LogP contribution in [0.2, 0.25) is 0 Å². The summed E-state index contributed by atoms with van der Waals surface area (Å²) in [6.45, 7) is 6.00. The van der Waals surface area contributed by atoms with Crippen molar-refractivity contribution in [3.05, 3.63) is 36.9 Å². The van der Waals surface area contributed by atoms with Crippen LogP contribution in [0.3, 0.4) is 0 Å². The van der Waals surface area contributed by atoms with Crippen LogP contribution < -0.4 is 11.5 Å². The predicted molar refractivity (Wildman–Crippen MR) is 59.1 cm³/mol. The Balaban J connectivity index is 0.000000921. The first-order valence-electron chi connectivity index (χ1n) is 4.08. The molecular formula is C10H14N2O3. The van der Waals surface area contributed by atoms with Crippen molar-refractivity contribution in [3.8, 4) is 0 Å². The molecule has 0 saturated heterocycles. The second-order valence-electron chi connectivity index (χ2n) is 2.59. The topological polar surface area (TPSA) is 110 Å². The number of aliphatic hydroxyl groups is 1. The fourth-order valence-electron chi connectivity index (χ4n) is 0.973. The molecule has 0 fully saturated rings.